The summed E-state index contributed by atoms with van der Waals surface area (Å²) < 4.78 is 1.98. The van der Waals surface area contributed by atoms with Gasteiger partial charge in [-0.1, -0.05) is 6.07 Å². The SMILES string of the molecule is CC(=O)Nc1ccc(NC(=O)c2ccc(C)c(-n3cccc3)c2)cc1. The fourth-order valence-corrected chi connectivity index (χ4v) is 2.57. The zero-order valence-electron chi connectivity index (χ0n) is 14.1. The first-order valence-corrected chi connectivity index (χ1v) is 7.96. The monoisotopic (exact) mass is 333 g/mol. The van der Waals surface area contributed by atoms with Gasteiger partial charge in [-0.15, -0.1) is 0 Å². The van der Waals surface area contributed by atoms with Crippen molar-refractivity contribution in [2.45, 2.75) is 13.8 Å². The Morgan fingerprint density at radius 2 is 1.48 bits per heavy atom. The van der Waals surface area contributed by atoms with Crippen molar-refractivity contribution in [1.82, 2.24) is 4.57 Å². The lowest BCUT2D eigenvalue weighted by Crippen LogP contribution is -2.13. The summed E-state index contributed by atoms with van der Waals surface area (Å²) >= 11 is 0. The number of benzene rings is 2. The molecule has 0 fully saturated rings. The number of hydrogen-bond acceptors (Lipinski definition) is 2. The average Bonchev–Trinajstić information content (AvgIpc) is 3.11. The Labute approximate surface area is 146 Å². The molecule has 5 nitrogen and oxygen atoms in total. The van der Waals surface area contributed by atoms with Crippen molar-refractivity contribution in [3.8, 4) is 5.69 Å². The van der Waals surface area contributed by atoms with Crippen LogP contribution in [0.2, 0.25) is 0 Å². The standard InChI is InChI=1S/C20H19N3O2/c1-14-5-6-16(13-19(14)23-11-3-4-12-23)20(25)22-18-9-7-17(8-10-18)21-15(2)24/h3-13H,1-2H3,(H,21,24)(H,22,25). The normalized spacial score (nSPS) is 10.3. The predicted molar refractivity (Wildman–Crippen MR) is 99.2 cm³/mol. The maximum absolute atomic E-state index is 12.5. The second-order valence-electron chi connectivity index (χ2n) is 5.80. The lowest BCUT2D eigenvalue weighted by molar-refractivity contribution is -0.114. The molecular formula is C20H19N3O2. The number of aromatic nitrogens is 1. The molecule has 5 heteroatoms. The molecule has 0 saturated carbocycles. The van der Waals surface area contributed by atoms with Crippen LogP contribution in [-0.2, 0) is 4.79 Å². The van der Waals surface area contributed by atoms with Gasteiger partial charge in [-0.05, 0) is 61.0 Å². The van der Waals surface area contributed by atoms with Crippen LogP contribution in [0.5, 0.6) is 0 Å². The molecule has 0 spiro atoms. The summed E-state index contributed by atoms with van der Waals surface area (Å²) in [4.78, 5) is 23.6. The number of rotatable bonds is 4. The van der Waals surface area contributed by atoms with E-state index in [9.17, 15) is 9.59 Å². The van der Waals surface area contributed by atoms with Gasteiger partial charge >= 0.3 is 0 Å². The minimum atomic E-state index is -0.180. The van der Waals surface area contributed by atoms with Gasteiger partial charge in [0.1, 0.15) is 0 Å². The van der Waals surface area contributed by atoms with Crippen molar-refractivity contribution in [3.63, 3.8) is 0 Å². The van der Waals surface area contributed by atoms with Gasteiger partial charge in [-0.2, -0.15) is 0 Å². The molecule has 126 valence electrons. The van der Waals surface area contributed by atoms with Gasteiger partial charge in [0.05, 0.1) is 0 Å². The largest absolute Gasteiger partial charge is 0.326 e. The van der Waals surface area contributed by atoms with Crippen LogP contribution in [-0.4, -0.2) is 16.4 Å². The first-order chi connectivity index (χ1) is 12.0. The van der Waals surface area contributed by atoms with Gasteiger partial charge in [0, 0.05) is 41.9 Å². The Kier molecular flexibility index (Phi) is 4.66. The van der Waals surface area contributed by atoms with E-state index in [1.807, 2.05) is 54.2 Å². The number of nitrogens with one attached hydrogen (secondary N) is 2. The van der Waals surface area contributed by atoms with E-state index >= 15 is 0 Å². The Morgan fingerprint density at radius 1 is 0.880 bits per heavy atom. The Balaban J connectivity index is 1.77. The van der Waals surface area contributed by atoms with Crippen molar-refractivity contribution < 1.29 is 9.59 Å². The summed E-state index contributed by atoms with van der Waals surface area (Å²) in [7, 11) is 0. The molecule has 0 aliphatic rings. The number of amides is 2. The fourth-order valence-electron chi connectivity index (χ4n) is 2.57. The summed E-state index contributed by atoms with van der Waals surface area (Å²) in [5.41, 5.74) is 4.00. The molecule has 3 aromatic rings. The highest BCUT2D eigenvalue weighted by atomic mass is 16.2. The van der Waals surface area contributed by atoms with E-state index in [1.165, 1.54) is 6.92 Å². The highest BCUT2D eigenvalue weighted by Crippen LogP contribution is 2.19. The number of nitrogens with zero attached hydrogens (tertiary/aromatic N) is 1. The average molecular weight is 333 g/mol. The molecule has 3 rings (SSSR count). The van der Waals surface area contributed by atoms with Gasteiger partial charge in [0.25, 0.3) is 5.91 Å². The van der Waals surface area contributed by atoms with E-state index in [-0.39, 0.29) is 11.8 Å². The Hall–Kier alpha value is -3.34. The third kappa shape index (κ3) is 3.95. The molecular weight excluding hydrogens is 314 g/mol. The molecule has 25 heavy (non-hydrogen) atoms. The fraction of sp³-hybridized carbons (Fsp3) is 0.100. The van der Waals surface area contributed by atoms with E-state index in [2.05, 4.69) is 10.6 Å². The zero-order valence-corrected chi connectivity index (χ0v) is 14.1. The lowest BCUT2D eigenvalue weighted by Gasteiger charge is -2.11. The van der Waals surface area contributed by atoms with Crippen molar-refractivity contribution in [3.05, 3.63) is 78.1 Å². The number of aryl methyl sites for hydroxylation is 1. The van der Waals surface area contributed by atoms with E-state index in [1.54, 1.807) is 24.3 Å². The third-order valence-corrected chi connectivity index (χ3v) is 3.82. The molecule has 0 radical (unpaired) electrons. The van der Waals surface area contributed by atoms with Gasteiger partial charge in [-0.25, -0.2) is 0 Å². The summed E-state index contributed by atoms with van der Waals surface area (Å²) in [6.45, 7) is 3.47. The number of carbonyl (C=O) groups is 2. The number of hydrogen-bond donors (Lipinski definition) is 2. The molecule has 1 heterocycles. The van der Waals surface area contributed by atoms with Crippen LogP contribution in [0.4, 0.5) is 11.4 Å². The second-order valence-corrected chi connectivity index (χ2v) is 5.80. The third-order valence-electron chi connectivity index (χ3n) is 3.82. The van der Waals surface area contributed by atoms with Gasteiger partial charge < -0.3 is 15.2 Å². The lowest BCUT2D eigenvalue weighted by atomic mass is 10.1. The molecule has 1 aromatic heterocycles. The highest BCUT2D eigenvalue weighted by Gasteiger charge is 2.09. The van der Waals surface area contributed by atoms with Crippen molar-refractivity contribution in [1.29, 1.82) is 0 Å². The van der Waals surface area contributed by atoms with Crippen molar-refractivity contribution >= 4 is 23.2 Å². The maximum Gasteiger partial charge on any atom is 0.255 e. The van der Waals surface area contributed by atoms with Gasteiger partial charge in [0.15, 0.2) is 0 Å². The van der Waals surface area contributed by atoms with Gasteiger partial charge in [-0.3, -0.25) is 9.59 Å². The summed E-state index contributed by atoms with van der Waals surface area (Å²) in [5.74, 6) is -0.310. The Morgan fingerprint density at radius 3 is 2.08 bits per heavy atom. The van der Waals surface area contributed by atoms with Crippen LogP contribution in [0.3, 0.4) is 0 Å². The molecule has 2 N–H and O–H groups in total. The molecule has 0 aliphatic carbocycles. The quantitative estimate of drug-likeness (QED) is 0.758. The zero-order chi connectivity index (χ0) is 17.8. The van der Waals surface area contributed by atoms with Gasteiger partial charge in [0.2, 0.25) is 5.91 Å². The number of anilines is 2. The summed E-state index contributed by atoms with van der Waals surface area (Å²) in [5, 5.41) is 5.56. The van der Waals surface area contributed by atoms with Crippen molar-refractivity contribution in [2.24, 2.45) is 0 Å². The summed E-state index contributed by atoms with van der Waals surface area (Å²) in [6.07, 6.45) is 3.90. The van der Waals surface area contributed by atoms with Crippen LogP contribution in [0.1, 0.15) is 22.8 Å². The van der Waals surface area contributed by atoms with Crippen LogP contribution in [0.25, 0.3) is 5.69 Å². The first-order valence-electron chi connectivity index (χ1n) is 7.96. The molecule has 2 aromatic carbocycles. The summed E-state index contributed by atoms with van der Waals surface area (Å²) in [6, 6.07) is 16.5. The number of carbonyl (C=O) groups excluding carboxylic acids is 2. The Bertz CT molecular complexity index is 897. The van der Waals surface area contributed by atoms with Crippen LogP contribution < -0.4 is 10.6 Å². The van der Waals surface area contributed by atoms with Crippen LogP contribution in [0, 0.1) is 6.92 Å². The molecule has 0 saturated heterocycles. The maximum atomic E-state index is 12.5. The predicted octanol–water partition coefficient (Wildman–Crippen LogP) is 4.00. The molecule has 0 atom stereocenters. The van der Waals surface area contributed by atoms with E-state index in [0.29, 0.717) is 16.9 Å². The molecule has 2 amide bonds. The minimum absolute atomic E-state index is 0.131. The molecule has 0 unspecified atom stereocenters. The molecule has 0 aliphatic heterocycles. The first kappa shape index (κ1) is 16.5. The van der Waals surface area contributed by atoms with Crippen LogP contribution in [0.15, 0.2) is 67.0 Å². The van der Waals surface area contributed by atoms with Crippen molar-refractivity contribution in [2.75, 3.05) is 10.6 Å². The van der Waals surface area contributed by atoms with E-state index < -0.39 is 0 Å². The van der Waals surface area contributed by atoms with E-state index in [0.717, 1.165) is 11.3 Å². The van der Waals surface area contributed by atoms with Crippen LogP contribution >= 0.6 is 0 Å². The van der Waals surface area contributed by atoms with E-state index in [4.69, 9.17) is 0 Å². The minimum Gasteiger partial charge on any atom is -0.326 e. The highest BCUT2D eigenvalue weighted by molar-refractivity contribution is 6.04. The molecule has 0 bridgehead atoms. The second kappa shape index (κ2) is 7.05. The topological polar surface area (TPSA) is 63.1 Å². The smallest absolute Gasteiger partial charge is 0.255 e.